The summed E-state index contributed by atoms with van der Waals surface area (Å²) in [6, 6.07) is 0. The maximum Gasteiger partial charge on any atom is 0.267 e. The van der Waals surface area contributed by atoms with Crippen LogP contribution in [0.1, 0.15) is 0 Å². The lowest BCUT2D eigenvalue weighted by atomic mass is 10.0. The Morgan fingerprint density at radius 3 is 3.25 bits per heavy atom. The Kier molecular flexibility index (Phi) is 1.59. The SMILES string of the molecule is CO[C@@H]1NC(=O)[C@@]2(Cl)N=NC[C@@H]12. The van der Waals surface area contributed by atoms with E-state index in [0.29, 0.717) is 6.54 Å². The molecule has 0 saturated carbocycles. The van der Waals surface area contributed by atoms with Gasteiger partial charge in [0.15, 0.2) is 0 Å². The fourth-order valence-electron chi connectivity index (χ4n) is 1.49. The van der Waals surface area contributed by atoms with E-state index in [2.05, 4.69) is 15.5 Å². The second kappa shape index (κ2) is 2.40. The highest BCUT2D eigenvalue weighted by atomic mass is 35.5. The zero-order valence-electron chi connectivity index (χ0n) is 6.45. The molecule has 0 aromatic heterocycles. The molecule has 2 rings (SSSR count). The van der Waals surface area contributed by atoms with E-state index in [1.807, 2.05) is 0 Å². The van der Waals surface area contributed by atoms with Gasteiger partial charge in [0.25, 0.3) is 5.91 Å². The number of hydrogen-bond acceptors (Lipinski definition) is 4. The maximum absolute atomic E-state index is 11.3. The minimum atomic E-state index is -1.21. The molecule has 0 radical (unpaired) electrons. The summed E-state index contributed by atoms with van der Waals surface area (Å²) in [5.74, 6) is -0.487. The molecule has 66 valence electrons. The van der Waals surface area contributed by atoms with Crippen LogP contribution in [0.25, 0.3) is 0 Å². The average molecular weight is 190 g/mol. The molecule has 0 aliphatic carbocycles. The van der Waals surface area contributed by atoms with Gasteiger partial charge in [-0.3, -0.25) is 4.79 Å². The van der Waals surface area contributed by atoms with Crippen molar-refractivity contribution in [2.24, 2.45) is 16.1 Å². The van der Waals surface area contributed by atoms with Crippen molar-refractivity contribution >= 4 is 17.5 Å². The molecule has 0 bridgehead atoms. The predicted octanol–water partition coefficient (Wildman–Crippen LogP) is 0.106. The quantitative estimate of drug-likeness (QED) is 0.470. The molecule has 12 heavy (non-hydrogen) atoms. The smallest absolute Gasteiger partial charge is 0.267 e. The van der Waals surface area contributed by atoms with Gasteiger partial charge in [0.1, 0.15) is 6.23 Å². The van der Waals surface area contributed by atoms with Crippen LogP contribution in [-0.4, -0.2) is 30.8 Å². The molecule has 2 aliphatic heterocycles. The molecule has 2 heterocycles. The molecule has 0 unspecified atom stereocenters. The van der Waals surface area contributed by atoms with Crippen LogP contribution in [0.2, 0.25) is 0 Å². The van der Waals surface area contributed by atoms with E-state index in [9.17, 15) is 4.79 Å². The summed E-state index contributed by atoms with van der Waals surface area (Å²) in [6.07, 6.45) is -0.356. The van der Waals surface area contributed by atoms with Crippen molar-refractivity contribution < 1.29 is 9.53 Å². The summed E-state index contributed by atoms with van der Waals surface area (Å²) >= 11 is 5.94. The summed E-state index contributed by atoms with van der Waals surface area (Å²) in [5, 5.41) is 10.0. The molecular weight excluding hydrogens is 182 g/mol. The van der Waals surface area contributed by atoms with Crippen molar-refractivity contribution in [1.29, 1.82) is 0 Å². The number of rotatable bonds is 1. The highest BCUT2D eigenvalue weighted by molar-refractivity contribution is 6.35. The van der Waals surface area contributed by atoms with Gasteiger partial charge in [-0.15, -0.1) is 0 Å². The van der Waals surface area contributed by atoms with Crippen molar-refractivity contribution in [3.05, 3.63) is 0 Å². The van der Waals surface area contributed by atoms with E-state index in [4.69, 9.17) is 16.3 Å². The molecule has 6 heteroatoms. The Hall–Kier alpha value is -0.680. The van der Waals surface area contributed by atoms with Crippen molar-refractivity contribution in [2.45, 2.75) is 11.2 Å². The summed E-state index contributed by atoms with van der Waals surface area (Å²) in [6.45, 7) is 0.445. The lowest BCUT2D eigenvalue weighted by Crippen LogP contribution is -2.32. The highest BCUT2D eigenvalue weighted by Gasteiger charge is 2.58. The van der Waals surface area contributed by atoms with E-state index in [0.717, 1.165) is 0 Å². The second-order valence-corrected chi connectivity index (χ2v) is 3.41. The van der Waals surface area contributed by atoms with Crippen LogP contribution in [0, 0.1) is 5.92 Å². The first-order valence-electron chi connectivity index (χ1n) is 3.60. The van der Waals surface area contributed by atoms with Gasteiger partial charge in [0.05, 0.1) is 12.5 Å². The Morgan fingerprint density at radius 2 is 2.58 bits per heavy atom. The lowest BCUT2D eigenvalue weighted by molar-refractivity contribution is -0.122. The van der Waals surface area contributed by atoms with Gasteiger partial charge in [-0.1, -0.05) is 11.6 Å². The zero-order chi connectivity index (χ0) is 8.77. The first-order valence-corrected chi connectivity index (χ1v) is 3.97. The number of carbonyl (C=O) groups is 1. The summed E-state index contributed by atoms with van der Waals surface area (Å²) in [4.78, 5) is 10.1. The molecule has 0 spiro atoms. The van der Waals surface area contributed by atoms with Gasteiger partial charge in [0.2, 0.25) is 5.00 Å². The van der Waals surface area contributed by atoms with Crippen LogP contribution in [0.3, 0.4) is 0 Å². The van der Waals surface area contributed by atoms with E-state index < -0.39 is 5.00 Å². The molecule has 3 atom stereocenters. The Morgan fingerprint density at radius 1 is 1.83 bits per heavy atom. The monoisotopic (exact) mass is 189 g/mol. The summed E-state index contributed by atoms with van der Waals surface area (Å²) in [5.41, 5.74) is 0. The third kappa shape index (κ3) is 0.804. The van der Waals surface area contributed by atoms with Crippen LogP contribution in [0.5, 0.6) is 0 Å². The molecule has 2 aliphatic rings. The number of hydrogen-bond donors (Lipinski definition) is 1. The Balaban J connectivity index is 2.30. The van der Waals surface area contributed by atoms with Crippen LogP contribution in [-0.2, 0) is 9.53 Å². The molecule has 0 aromatic rings. The molecule has 1 saturated heterocycles. The van der Waals surface area contributed by atoms with E-state index in [-0.39, 0.29) is 18.1 Å². The van der Waals surface area contributed by atoms with Crippen molar-refractivity contribution in [2.75, 3.05) is 13.7 Å². The first kappa shape index (κ1) is 7.94. The number of carbonyl (C=O) groups excluding carboxylic acids is 1. The molecule has 0 aromatic carbocycles. The van der Waals surface area contributed by atoms with Crippen LogP contribution in [0.15, 0.2) is 10.2 Å². The standard InChI is InChI=1S/C6H8ClN3O2/c1-12-4-3-2-8-10-6(3,7)5(11)9-4/h3-4H,2H2,1H3,(H,9,11)/t3-,4-,6-/m0/s1. The minimum Gasteiger partial charge on any atom is -0.361 e. The molecule has 1 amide bonds. The second-order valence-electron chi connectivity index (χ2n) is 2.83. The number of nitrogens with one attached hydrogen (secondary N) is 1. The molecule has 1 fully saturated rings. The largest absolute Gasteiger partial charge is 0.361 e. The fourth-order valence-corrected chi connectivity index (χ4v) is 1.78. The molecular formula is C6H8ClN3O2. The summed E-state index contributed by atoms with van der Waals surface area (Å²) < 4.78 is 5.02. The Bertz CT molecular complexity index is 257. The summed E-state index contributed by atoms with van der Waals surface area (Å²) in [7, 11) is 1.52. The van der Waals surface area contributed by atoms with E-state index in [1.54, 1.807) is 0 Å². The average Bonchev–Trinajstić information content (AvgIpc) is 2.51. The maximum atomic E-state index is 11.3. The third-order valence-corrected chi connectivity index (χ3v) is 2.72. The Labute approximate surface area is 74.1 Å². The van der Waals surface area contributed by atoms with Crippen LogP contribution >= 0.6 is 11.6 Å². The van der Waals surface area contributed by atoms with Gasteiger partial charge in [0, 0.05) is 7.11 Å². The number of azo groups is 1. The topological polar surface area (TPSA) is 63.0 Å². The normalized spacial score (nSPS) is 44.7. The van der Waals surface area contributed by atoms with Crippen LogP contribution in [0.4, 0.5) is 0 Å². The third-order valence-electron chi connectivity index (χ3n) is 2.20. The minimum absolute atomic E-state index is 0.170. The fraction of sp³-hybridized carbons (Fsp3) is 0.833. The van der Waals surface area contributed by atoms with Crippen LogP contribution < -0.4 is 5.32 Å². The number of ether oxygens (including phenoxy) is 1. The van der Waals surface area contributed by atoms with E-state index in [1.165, 1.54) is 7.11 Å². The lowest BCUT2D eigenvalue weighted by Gasteiger charge is -2.15. The van der Waals surface area contributed by atoms with E-state index >= 15 is 0 Å². The van der Waals surface area contributed by atoms with Gasteiger partial charge in [-0.2, -0.15) is 10.2 Å². The van der Waals surface area contributed by atoms with Gasteiger partial charge in [-0.05, 0) is 0 Å². The predicted molar refractivity (Wildman–Crippen MR) is 40.7 cm³/mol. The zero-order valence-corrected chi connectivity index (χ0v) is 7.21. The van der Waals surface area contributed by atoms with Gasteiger partial charge < -0.3 is 10.1 Å². The number of fused-ring (bicyclic) bond motifs is 1. The molecule has 5 nitrogen and oxygen atoms in total. The molecule has 1 N–H and O–H groups in total. The van der Waals surface area contributed by atoms with Crippen molar-refractivity contribution in [3.8, 4) is 0 Å². The number of alkyl halides is 1. The van der Waals surface area contributed by atoms with Gasteiger partial charge >= 0.3 is 0 Å². The first-order chi connectivity index (χ1) is 5.68. The van der Waals surface area contributed by atoms with Crippen molar-refractivity contribution in [1.82, 2.24) is 5.32 Å². The number of nitrogens with zero attached hydrogens (tertiary/aromatic N) is 2. The number of amides is 1. The number of halogens is 1. The van der Waals surface area contributed by atoms with Gasteiger partial charge in [-0.25, -0.2) is 0 Å². The van der Waals surface area contributed by atoms with Crippen molar-refractivity contribution in [3.63, 3.8) is 0 Å². The number of methoxy groups -OCH3 is 1. The highest BCUT2D eigenvalue weighted by Crippen LogP contribution is 2.40.